The van der Waals surface area contributed by atoms with E-state index in [2.05, 4.69) is 14.7 Å². The average molecular weight is 159 g/mol. The first-order valence-electron chi connectivity index (χ1n) is 2.98. The van der Waals surface area contributed by atoms with E-state index in [4.69, 9.17) is 5.11 Å². The van der Waals surface area contributed by atoms with Crippen molar-refractivity contribution in [1.29, 1.82) is 0 Å². The molecule has 0 unspecified atom stereocenters. The van der Waals surface area contributed by atoms with Gasteiger partial charge in [0.1, 0.15) is 5.82 Å². The fourth-order valence-corrected chi connectivity index (χ4v) is 1.13. The van der Waals surface area contributed by atoms with E-state index in [-0.39, 0.29) is 6.61 Å². The number of aryl methyl sites for hydroxylation is 1. The van der Waals surface area contributed by atoms with E-state index in [0.717, 1.165) is 11.0 Å². The summed E-state index contributed by atoms with van der Waals surface area (Å²) >= 11 is 1.31. The van der Waals surface area contributed by atoms with Gasteiger partial charge >= 0.3 is 0 Å². The minimum Gasteiger partial charge on any atom is -0.395 e. The summed E-state index contributed by atoms with van der Waals surface area (Å²) < 4.78 is 3.96. The number of nitrogens with one attached hydrogen (secondary N) is 1. The molecule has 10 heavy (non-hydrogen) atoms. The molecule has 1 aromatic rings. The van der Waals surface area contributed by atoms with Crippen molar-refractivity contribution in [2.24, 2.45) is 0 Å². The van der Waals surface area contributed by atoms with E-state index in [1.807, 2.05) is 6.92 Å². The maximum atomic E-state index is 8.43. The van der Waals surface area contributed by atoms with Gasteiger partial charge in [0, 0.05) is 18.1 Å². The van der Waals surface area contributed by atoms with Crippen LogP contribution in [0.25, 0.3) is 0 Å². The molecule has 0 fully saturated rings. The second-order valence-electron chi connectivity index (χ2n) is 1.80. The Morgan fingerprint density at radius 3 is 3.00 bits per heavy atom. The number of aliphatic hydroxyl groups excluding tert-OH is 1. The van der Waals surface area contributed by atoms with Crippen molar-refractivity contribution < 1.29 is 5.11 Å². The Bertz CT molecular complexity index is 201. The molecule has 1 aromatic heterocycles. The summed E-state index contributed by atoms with van der Waals surface area (Å²) in [5, 5.41) is 12.1. The SMILES string of the molecule is Cc1nsc(NCCO)n1. The Labute approximate surface area is 63.1 Å². The molecule has 0 spiro atoms. The molecule has 0 aromatic carbocycles. The average Bonchev–Trinajstić information content (AvgIpc) is 2.31. The molecule has 0 aliphatic heterocycles. The first-order valence-corrected chi connectivity index (χ1v) is 3.75. The third-order valence-electron chi connectivity index (χ3n) is 0.916. The van der Waals surface area contributed by atoms with Crippen LogP contribution in [-0.4, -0.2) is 27.6 Å². The van der Waals surface area contributed by atoms with Gasteiger partial charge in [0.25, 0.3) is 0 Å². The highest BCUT2D eigenvalue weighted by Gasteiger charge is 1.95. The van der Waals surface area contributed by atoms with Crippen LogP contribution in [0, 0.1) is 6.92 Å². The fourth-order valence-electron chi connectivity index (χ4n) is 0.532. The quantitative estimate of drug-likeness (QED) is 0.663. The number of nitrogens with zero attached hydrogens (tertiary/aromatic N) is 2. The summed E-state index contributed by atoms with van der Waals surface area (Å²) in [6.45, 7) is 2.49. The van der Waals surface area contributed by atoms with Crippen molar-refractivity contribution in [3.8, 4) is 0 Å². The zero-order valence-corrected chi connectivity index (χ0v) is 6.48. The number of aliphatic hydroxyl groups is 1. The van der Waals surface area contributed by atoms with Gasteiger partial charge < -0.3 is 10.4 Å². The number of aromatic nitrogens is 2. The first-order chi connectivity index (χ1) is 4.83. The molecular weight excluding hydrogens is 150 g/mol. The van der Waals surface area contributed by atoms with Crippen LogP contribution < -0.4 is 5.32 Å². The van der Waals surface area contributed by atoms with Crippen molar-refractivity contribution in [2.75, 3.05) is 18.5 Å². The first kappa shape index (κ1) is 7.43. The minimum atomic E-state index is 0.124. The van der Waals surface area contributed by atoms with Gasteiger partial charge in [0.2, 0.25) is 5.13 Å². The lowest BCUT2D eigenvalue weighted by atomic mass is 10.7. The van der Waals surface area contributed by atoms with E-state index < -0.39 is 0 Å². The number of hydrogen-bond donors (Lipinski definition) is 2. The molecule has 0 amide bonds. The van der Waals surface area contributed by atoms with E-state index in [1.165, 1.54) is 11.5 Å². The van der Waals surface area contributed by atoms with Crippen LogP contribution in [0.3, 0.4) is 0 Å². The Morgan fingerprint density at radius 1 is 1.70 bits per heavy atom. The lowest BCUT2D eigenvalue weighted by Crippen LogP contribution is -2.04. The zero-order valence-electron chi connectivity index (χ0n) is 5.66. The van der Waals surface area contributed by atoms with Gasteiger partial charge in [0.05, 0.1) is 6.61 Å². The van der Waals surface area contributed by atoms with Gasteiger partial charge in [-0.15, -0.1) is 0 Å². The number of anilines is 1. The van der Waals surface area contributed by atoms with Gasteiger partial charge in [-0.05, 0) is 6.92 Å². The van der Waals surface area contributed by atoms with Crippen LogP contribution in [0.5, 0.6) is 0 Å². The van der Waals surface area contributed by atoms with Gasteiger partial charge in [-0.25, -0.2) is 4.98 Å². The lowest BCUT2D eigenvalue weighted by molar-refractivity contribution is 0.311. The van der Waals surface area contributed by atoms with Crippen LogP contribution in [0.4, 0.5) is 5.13 Å². The van der Waals surface area contributed by atoms with Gasteiger partial charge in [-0.2, -0.15) is 4.37 Å². The van der Waals surface area contributed by atoms with Gasteiger partial charge in [-0.3, -0.25) is 0 Å². The van der Waals surface area contributed by atoms with Gasteiger partial charge in [0.15, 0.2) is 0 Å². The Morgan fingerprint density at radius 2 is 2.50 bits per heavy atom. The summed E-state index contributed by atoms with van der Waals surface area (Å²) in [5.41, 5.74) is 0. The van der Waals surface area contributed by atoms with E-state index >= 15 is 0 Å². The van der Waals surface area contributed by atoms with Crippen LogP contribution in [0.2, 0.25) is 0 Å². The minimum absolute atomic E-state index is 0.124. The van der Waals surface area contributed by atoms with Crippen molar-refractivity contribution in [3.63, 3.8) is 0 Å². The second kappa shape index (κ2) is 3.48. The Balaban J connectivity index is 2.42. The smallest absolute Gasteiger partial charge is 0.202 e. The summed E-state index contributed by atoms with van der Waals surface area (Å²) in [6, 6.07) is 0. The highest BCUT2D eigenvalue weighted by molar-refractivity contribution is 7.09. The largest absolute Gasteiger partial charge is 0.395 e. The third-order valence-corrected chi connectivity index (χ3v) is 1.68. The van der Waals surface area contributed by atoms with Crippen LogP contribution >= 0.6 is 11.5 Å². The van der Waals surface area contributed by atoms with E-state index in [9.17, 15) is 0 Å². The second-order valence-corrected chi connectivity index (χ2v) is 2.55. The summed E-state index contributed by atoms with van der Waals surface area (Å²) in [4.78, 5) is 4.03. The third kappa shape index (κ3) is 1.93. The topological polar surface area (TPSA) is 58.0 Å². The van der Waals surface area contributed by atoms with Crippen molar-refractivity contribution >= 4 is 16.7 Å². The predicted molar refractivity (Wildman–Crippen MR) is 40.2 cm³/mol. The molecule has 0 radical (unpaired) electrons. The van der Waals surface area contributed by atoms with Crippen LogP contribution in [0.1, 0.15) is 5.82 Å². The van der Waals surface area contributed by atoms with Crippen LogP contribution in [-0.2, 0) is 0 Å². The standard InChI is InChI=1S/C5H9N3OS/c1-4-7-5(10-8-4)6-2-3-9/h9H,2-3H2,1H3,(H,6,7,8). The van der Waals surface area contributed by atoms with E-state index in [1.54, 1.807) is 0 Å². The Hall–Kier alpha value is -0.680. The molecule has 5 heteroatoms. The predicted octanol–water partition coefficient (Wildman–Crippen LogP) is 0.251. The van der Waals surface area contributed by atoms with E-state index in [0.29, 0.717) is 6.54 Å². The zero-order chi connectivity index (χ0) is 7.40. The molecule has 4 nitrogen and oxygen atoms in total. The summed E-state index contributed by atoms with van der Waals surface area (Å²) in [6.07, 6.45) is 0. The number of hydrogen-bond acceptors (Lipinski definition) is 5. The lowest BCUT2D eigenvalue weighted by Gasteiger charge is -1.94. The molecule has 1 heterocycles. The van der Waals surface area contributed by atoms with Gasteiger partial charge in [-0.1, -0.05) is 0 Å². The molecule has 0 aliphatic carbocycles. The van der Waals surface area contributed by atoms with Crippen molar-refractivity contribution in [2.45, 2.75) is 6.92 Å². The molecule has 1 rings (SSSR count). The molecule has 0 atom stereocenters. The monoisotopic (exact) mass is 159 g/mol. The fraction of sp³-hybridized carbons (Fsp3) is 0.600. The molecule has 2 N–H and O–H groups in total. The normalized spacial score (nSPS) is 9.80. The molecule has 0 saturated carbocycles. The molecule has 0 saturated heterocycles. The maximum absolute atomic E-state index is 8.43. The highest BCUT2D eigenvalue weighted by atomic mass is 32.1. The molecular formula is C5H9N3OS. The van der Waals surface area contributed by atoms with Crippen LogP contribution in [0.15, 0.2) is 0 Å². The summed E-state index contributed by atoms with van der Waals surface area (Å²) in [5.74, 6) is 0.769. The molecule has 0 aliphatic rings. The molecule has 56 valence electrons. The van der Waals surface area contributed by atoms with Crippen molar-refractivity contribution in [3.05, 3.63) is 5.82 Å². The molecule has 0 bridgehead atoms. The maximum Gasteiger partial charge on any atom is 0.202 e. The summed E-state index contributed by atoms with van der Waals surface area (Å²) in [7, 11) is 0. The van der Waals surface area contributed by atoms with Crippen molar-refractivity contribution in [1.82, 2.24) is 9.36 Å². The highest BCUT2D eigenvalue weighted by Crippen LogP contribution is 2.08. The Kier molecular flexibility index (Phi) is 2.58. The number of rotatable bonds is 3.